The third-order valence-electron chi connectivity index (χ3n) is 3.40. The summed E-state index contributed by atoms with van der Waals surface area (Å²) >= 11 is 0. The Morgan fingerprint density at radius 2 is 2.25 bits per heavy atom. The van der Waals surface area contributed by atoms with Gasteiger partial charge in [0.1, 0.15) is 17.6 Å². The standard InChI is InChI=1S/C15H22N4O/c1-4-8-19-9-7-17-15(19)14(18-16)12-6-5-11(2)13(10-12)20-3/h5-7,9-10,14,18H,4,8,16H2,1-3H3. The number of benzene rings is 1. The summed E-state index contributed by atoms with van der Waals surface area (Å²) in [6, 6.07) is 5.94. The topological polar surface area (TPSA) is 65.1 Å². The highest BCUT2D eigenvalue weighted by molar-refractivity contribution is 5.39. The SMILES string of the molecule is CCCn1ccnc1C(NN)c1ccc(C)c(OC)c1. The van der Waals surface area contributed by atoms with Gasteiger partial charge in [-0.2, -0.15) is 0 Å². The molecule has 1 aromatic carbocycles. The molecule has 2 rings (SSSR count). The maximum Gasteiger partial charge on any atom is 0.131 e. The zero-order valence-electron chi connectivity index (χ0n) is 12.3. The summed E-state index contributed by atoms with van der Waals surface area (Å²) in [5.74, 6) is 7.52. The molecule has 0 fully saturated rings. The van der Waals surface area contributed by atoms with Crippen molar-refractivity contribution in [2.45, 2.75) is 32.9 Å². The molecule has 0 amide bonds. The zero-order valence-corrected chi connectivity index (χ0v) is 12.3. The molecule has 1 unspecified atom stereocenters. The zero-order chi connectivity index (χ0) is 14.5. The molecular weight excluding hydrogens is 252 g/mol. The Bertz CT molecular complexity index is 565. The van der Waals surface area contributed by atoms with E-state index in [1.54, 1.807) is 13.3 Å². The summed E-state index contributed by atoms with van der Waals surface area (Å²) in [5.41, 5.74) is 4.99. The number of hydrazine groups is 1. The fraction of sp³-hybridized carbons (Fsp3) is 0.400. The van der Waals surface area contributed by atoms with Gasteiger partial charge < -0.3 is 9.30 Å². The fourth-order valence-corrected chi connectivity index (χ4v) is 2.35. The number of hydrogen-bond acceptors (Lipinski definition) is 4. The van der Waals surface area contributed by atoms with E-state index < -0.39 is 0 Å². The molecule has 0 spiro atoms. The van der Waals surface area contributed by atoms with E-state index in [0.29, 0.717) is 0 Å². The molecule has 0 aliphatic heterocycles. The molecule has 0 saturated carbocycles. The third-order valence-corrected chi connectivity index (χ3v) is 3.40. The molecule has 0 aliphatic carbocycles. The van der Waals surface area contributed by atoms with Gasteiger partial charge in [-0.1, -0.05) is 19.1 Å². The minimum atomic E-state index is -0.147. The average Bonchev–Trinajstić information content (AvgIpc) is 2.90. The number of nitrogens with one attached hydrogen (secondary N) is 1. The van der Waals surface area contributed by atoms with Gasteiger partial charge in [0.05, 0.1) is 7.11 Å². The van der Waals surface area contributed by atoms with Crippen molar-refractivity contribution >= 4 is 0 Å². The molecule has 5 nitrogen and oxygen atoms in total. The highest BCUT2D eigenvalue weighted by Gasteiger charge is 2.18. The first-order valence-electron chi connectivity index (χ1n) is 6.83. The first-order chi connectivity index (χ1) is 9.71. The van der Waals surface area contributed by atoms with E-state index in [1.807, 2.05) is 31.3 Å². The molecule has 0 saturated heterocycles. The van der Waals surface area contributed by atoms with E-state index >= 15 is 0 Å². The molecule has 0 radical (unpaired) electrons. The Morgan fingerprint density at radius 3 is 2.90 bits per heavy atom. The van der Waals surface area contributed by atoms with Crippen LogP contribution in [0.25, 0.3) is 0 Å². The number of nitrogens with zero attached hydrogens (tertiary/aromatic N) is 2. The second-order valence-corrected chi connectivity index (χ2v) is 4.81. The van der Waals surface area contributed by atoms with Crippen LogP contribution < -0.4 is 16.0 Å². The quantitative estimate of drug-likeness (QED) is 0.626. The summed E-state index contributed by atoms with van der Waals surface area (Å²) in [5, 5.41) is 0. The lowest BCUT2D eigenvalue weighted by molar-refractivity contribution is 0.410. The molecule has 1 heterocycles. The number of aromatic nitrogens is 2. The summed E-state index contributed by atoms with van der Waals surface area (Å²) < 4.78 is 7.50. The second kappa shape index (κ2) is 6.54. The van der Waals surface area contributed by atoms with Gasteiger partial charge in [-0.3, -0.25) is 5.84 Å². The van der Waals surface area contributed by atoms with Crippen molar-refractivity contribution < 1.29 is 4.74 Å². The van der Waals surface area contributed by atoms with Crippen molar-refractivity contribution in [1.29, 1.82) is 0 Å². The summed E-state index contributed by atoms with van der Waals surface area (Å²) in [4.78, 5) is 4.44. The molecule has 3 N–H and O–H groups in total. The van der Waals surface area contributed by atoms with E-state index in [2.05, 4.69) is 21.9 Å². The van der Waals surface area contributed by atoms with E-state index in [0.717, 1.165) is 35.7 Å². The molecular formula is C15H22N4O. The van der Waals surface area contributed by atoms with E-state index in [1.165, 1.54) is 0 Å². The van der Waals surface area contributed by atoms with Gasteiger partial charge >= 0.3 is 0 Å². The van der Waals surface area contributed by atoms with Gasteiger partial charge in [-0.05, 0) is 30.5 Å². The van der Waals surface area contributed by atoms with Crippen LogP contribution in [0.15, 0.2) is 30.6 Å². The smallest absolute Gasteiger partial charge is 0.131 e. The van der Waals surface area contributed by atoms with E-state index in [9.17, 15) is 0 Å². The van der Waals surface area contributed by atoms with Crippen molar-refractivity contribution in [3.63, 3.8) is 0 Å². The van der Waals surface area contributed by atoms with Crippen LogP contribution in [0.2, 0.25) is 0 Å². The van der Waals surface area contributed by atoms with Crippen LogP contribution in [-0.2, 0) is 6.54 Å². The third kappa shape index (κ3) is 2.84. The van der Waals surface area contributed by atoms with Crippen LogP contribution >= 0.6 is 0 Å². The largest absolute Gasteiger partial charge is 0.496 e. The molecule has 5 heteroatoms. The molecule has 2 aromatic rings. The predicted octanol–water partition coefficient (Wildman–Crippen LogP) is 2.16. The Morgan fingerprint density at radius 1 is 1.45 bits per heavy atom. The van der Waals surface area contributed by atoms with Crippen molar-refractivity contribution in [2.24, 2.45) is 5.84 Å². The summed E-state index contributed by atoms with van der Waals surface area (Å²) in [6.07, 6.45) is 4.84. The molecule has 0 aliphatic rings. The maximum atomic E-state index is 5.75. The Hall–Kier alpha value is -1.85. The van der Waals surface area contributed by atoms with Crippen molar-refractivity contribution in [2.75, 3.05) is 7.11 Å². The average molecular weight is 274 g/mol. The van der Waals surface area contributed by atoms with Crippen LogP contribution in [0.5, 0.6) is 5.75 Å². The van der Waals surface area contributed by atoms with Crippen molar-refractivity contribution in [1.82, 2.24) is 15.0 Å². The number of ether oxygens (including phenoxy) is 1. The summed E-state index contributed by atoms with van der Waals surface area (Å²) in [7, 11) is 1.68. The highest BCUT2D eigenvalue weighted by atomic mass is 16.5. The molecule has 108 valence electrons. The van der Waals surface area contributed by atoms with Crippen LogP contribution in [0.3, 0.4) is 0 Å². The number of nitrogens with two attached hydrogens (primary N) is 1. The van der Waals surface area contributed by atoms with Gasteiger partial charge in [0.15, 0.2) is 0 Å². The lowest BCUT2D eigenvalue weighted by Gasteiger charge is -2.19. The predicted molar refractivity (Wildman–Crippen MR) is 79.4 cm³/mol. The van der Waals surface area contributed by atoms with Crippen LogP contribution in [-0.4, -0.2) is 16.7 Å². The second-order valence-electron chi connectivity index (χ2n) is 4.81. The van der Waals surface area contributed by atoms with Crippen molar-refractivity contribution in [3.8, 4) is 5.75 Å². The van der Waals surface area contributed by atoms with Crippen molar-refractivity contribution in [3.05, 3.63) is 47.5 Å². The van der Waals surface area contributed by atoms with Crippen LogP contribution in [0.1, 0.15) is 36.3 Å². The lowest BCUT2D eigenvalue weighted by Crippen LogP contribution is -2.31. The highest BCUT2D eigenvalue weighted by Crippen LogP contribution is 2.26. The monoisotopic (exact) mass is 274 g/mol. The number of methoxy groups -OCH3 is 1. The van der Waals surface area contributed by atoms with Gasteiger partial charge in [-0.25, -0.2) is 10.4 Å². The molecule has 1 aromatic heterocycles. The Kier molecular flexibility index (Phi) is 4.76. The summed E-state index contributed by atoms with van der Waals surface area (Å²) in [6.45, 7) is 5.09. The minimum absolute atomic E-state index is 0.147. The first kappa shape index (κ1) is 14.6. The minimum Gasteiger partial charge on any atom is -0.496 e. The van der Waals surface area contributed by atoms with Crippen LogP contribution in [0, 0.1) is 6.92 Å². The number of hydrogen-bond donors (Lipinski definition) is 2. The Labute approximate surface area is 119 Å². The first-order valence-corrected chi connectivity index (χ1v) is 6.83. The van der Waals surface area contributed by atoms with Gasteiger partial charge in [-0.15, -0.1) is 0 Å². The van der Waals surface area contributed by atoms with E-state index in [4.69, 9.17) is 10.6 Å². The maximum absolute atomic E-state index is 5.75. The van der Waals surface area contributed by atoms with Gasteiger partial charge in [0, 0.05) is 18.9 Å². The fourth-order valence-electron chi connectivity index (χ4n) is 2.35. The normalized spacial score (nSPS) is 12.4. The van der Waals surface area contributed by atoms with Gasteiger partial charge in [0.2, 0.25) is 0 Å². The Balaban J connectivity index is 2.39. The number of rotatable bonds is 6. The number of imidazole rings is 1. The van der Waals surface area contributed by atoms with Crippen LogP contribution in [0.4, 0.5) is 0 Å². The van der Waals surface area contributed by atoms with Gasteiger partial charge in [0.25, 0.3) is 0 Å². The molecule has 20 heavy (non-hydrogen) atoms. The number of aryl methyl sites for hydroxylation is 2. The molecule has 0 bridgehead atoms. The lowest BCUT2D eigenvalue weighted by atomic mass is 10.0. The van der Waals surface area contributed by atoms with E-state index in [-0.39, 0.29) is 6.04 Å². The molecule has 1 atom stereocenters.